The third kappa shape index (κ3) is 3.06. The molecule has 1 aromatic rings. The summed E-state index contributed by atoms with van der Waals surface area (Å²) in [4.78, 5) is 5.10. The van der Waals surface area contributed by atoms with Crippen LogP contribution in [0.5, 0.6) is 0 Å². The molecule has 2 fully saturated rings. The van der Waals surface area contributed by atoms with E-state index in [9.17, 15) is 4.39 Å². The molecule has 2 aliphatic rings. The molecular weight excluding hydrogens is 265 g/mol. The SMILES string of the molecule is CCNCc1cc(F)ccc1N1CC2CCCN2CC1C. The van der Waals surface area contributed by atoms with Crippen molar-refractivity contribution in [1.82, 2.24) is 10.2 Å². The molecular formula is C17H26FN3. The summed E-state index contributed by atoms with van der Waals surface area (Å²) >= 11 is 0. The largest absolute Gasteiger partial charge is 0.366 e. The van der Waals surface area contributed by atoms with E-state index in [0.717, 1.165) is 31.7 Å². The minimum Gasteiger partial charge on any atom is -0.366 e. The van der Waals surface area contributed by atoms with Crippen molar-refractivity contribution in [2.75, 3.05) is 31.1 Å². The second-order valence-electron chi connectivity index (χ2n) is 6.35. The second kappa shape index (κ2) is 6.32. The summed E-state index contributed by atoms with van der Waals surface area (Å²) in [6.07, 6.45) is 2.62. The van der Waals surface area contributed by atoms with Gasteiger partial charge in [0.1, 0.15) is 5.82 Å². The van der Waals surface area contributed by atoms with Crippen LogP contribution in [0.3, 0.4) is 0 Å². The first-order chi connectivity index (χ1) is 10.2. The molecule has 0 saturated carbocycles. The van der Waals surface area contributed by atoms with Gasteiger partial charge in [0.25, 0.3) is 0 Å². The second-order valence-corrected chi connectivity index (χ2v) is 6.35. The smallest absolute Gasteiger partial charge is 0.123 e. The Hall–Kier alpha value is -1.13. The molecule has 2 atom stereocenters. The van der Waals surface area contributed by atoms with Crippen molar-refractivity contribution in [3.8, 4) is 0 Å². The Morgan fingerprint density at radius 3 is 3.00 bits per heavy atom. The van der Waals surface area contributed by atoms with Crippen molar-refractivity contribution in [2.24, 2.45) is 0 Å². The molecule has 116 valence electrons. The molecule has 0 amide bonds. The first-order valence-electron chi connectivity index (χ1n) is 8.19. The van der Waals surface area contributed by atoms with Crippen LogP contribution in [0.15, 0.2) is 18.2 Å². The fraction of sp³-hybridized carbons (Fsp3) is 0.647. The fourth-order valence-electron chi connectivity index (χ4n) is 3.76. The normalized spacial score (nSPS) is 26.1. The zero-order valence-electron chi connectivity index (χ0n) is 13.1. The van der Waals surface area contributed by atoms with Gasteiger partial charge in [-0.1, -0.05) is 6.92 Å². The van der Waals surface area contributed by atoms with Crippen molar-refractivity contribution in [2.45, 2.75) is 45.3 Å². The summed E-state index contributed by atoms with van der Waals surface area (Å²) in [6.45, 7) is 9.46. The lowest BCUT2D eigenvalue weighted by molar-refractivity contribution is 0.202. The van der Waals surface area contributed by atoms with Gasteiger partial charge in [-0.2, -0.15) is 0 Å². The fourth-order valence-corrected chi connectivity index (χ4v) is 3.76. The Kier molecular flexibility index (Phi) is 4.45. The van der Waals surface area contributed by atoms with Gasteiger partial charge in [-0.15, -0.1) is 0 Å². The number of rotatable bonds is 4. The lowest BCUT2D eigenvalue weighted by Gasteiger charge is -2.44. The van der Waals surface area contributed by atoms with Crippen molar-refractivity contribution >= 4 is 5.69 Å². The van der Waals surface area contributed by atoms with Crippen LogP contribution in [0.4, 0.5) is 10.1 Å². The molecule has 2 unspecified atom stereocenters. The summed E-state index contributed by atoms with van der Waals surface area (Å²) in [5, 5.41) is 3.33. The lowest BCUT2D eigenvalue weighted by Crippen LogP contribution is -2.55. The molecule has 2 heterocycles. The Labute approximate surface area is 127 Å². The van der Waals surface area contributed by atoms with Crippen molar-refractivity contribution < 1.29 is 4.39 Å². The van der Waals surface area contributed by atoms with E-state index in [-0.39, 0.29) is 5.82 Å². The third-order valence-electron chi connectivity index (χ3n) is 4.85. The Balaban J connectivity index is 1.84. The van der Waals surface area contributed by atoms with Crippen LogP contribution in [-0.2, 0) is 6.54 Å². The maximum Gasteiger partial charge on any atom is 0.123 e. The molecule has 0 radical (unpaired) electrons. The first-order valence-corrected chi connectivity index (χ1v) is 8.19. The number of fused-ring (bicyclic) bond motifs is 1. The number of piperazine rings is 1. The average Bonchev–Trinajstić information content (AvgIpc) is 2.91. The zero-order chi connectivity index (χ0) is 14.8. The minimum atomic E-state index is -0.140. The van der Waals surface area contributed by atoms with Gasteiger partial charge in [-0.05, 0) is 56.6 Å². The van der Waals surface area contributed by atoms with Gasteiger partial charge in [-0.3, -0.25) is 4.90 Å². The Bertz CT molecular complexity index is 491. The van der Waals surface area contributed by atoms with E-state index in [2.05, 4.69) is 29.0 Å². The van der Waals surface area contributed by atoms with Crippen LogP contribution in [0, 0.1) is 5.82 Å². The molecule has 0 aliphatic carbocycles. The maximum absolute atomic E-state index is 13.6. The van der Waals surface area contributed by atoms with Gasteiger partial charge in [0.15, 0.2) is 0 Å². The number of anilines is 1. The lowest BCUT2D eigenvalue weighted by atomic mass is 10.0. The predicted octanol–water partition coefficient (Wildman–Crippen LogP) is 2.61. The molecule has 0 spiro atoms. The number of hydrogen-bond acceptors (Lipinski definition) is 3. The number of nitrogens with one attached hydrogen (secondary N) is 1. The minimum absolute atomic E-state index is 0.140. The van der Waals surface area contributed by atoms with Crippen LogP contribution in [0.25, 0.3) is 0 Å². The molecule has 0 aromatic heterocycles. The highest BCUT2D eigenvalue weighted by atomic mass is 19.1. The molecule has 0 bridgehead atoms. The number of benzene rings is 1. The summed E-state index contributed by atoms with van der Waals surface area (Å²) in [5.41, 5.74) is 2.28. The van der Waals surface area contributed by atoms with Gasteiger partial charge in [0.2, 0.25) is 0 Å². The zero-order valence-corrected chi connectivity index (χ0v) is 13.1. The predicted molar refractivity (Wildman–Crippen MR) is 85.2 cm³/mol. The van der Waals surface area contributed by atoms with E-state index in [4.69, 9.17) is 0 Å². The van der Waals surface area contributed by atoms with Crippen LogP contribution in [-0.4, -0.2) is 43.2 Å². The summed E-state index contributed by atoms with van der Waals surface area (Å²) in [5.74, 6) is -0.140. The van der Waals surface area contributed by atoms with Crippen molar-refractivity contribution in [3.63, 3.8) is 0 Å². The molecule has 4 heteroatoms. The van der Waals surface area contributed by atoms with Gasteiger partial charge in [0, 0.05) is 37.4 Å². The summed E-state index contributed by atoms with van der Waals surface area (Å²) in [7, 11) is 0. The molecule has 3 nitrogen and oxygen atoms in total. The molecule has 2 aliphatic heterocycles. The molecule has 2 saturated heterocycles. The Morgan fingerprint density at radius 1 is 1.33 bits per heavy atom. The van der Waals surface area contributed by atoms with Gasteiger partial charge in [-0.25, -0.2) is 4.39 Å². The van der Waals surface area contributed by atoms with E-state index in [1.54, 1.807) is 12.1 Å². The van der Waals surface area contributed by atoms with Crippen molar-refractivity contribution in [1.29, 1.82) is 0 Å². The number of hydrogen-bond donors (Lipinski definition) is 1. The highest BCUT2D eigenvalue weighted by Gasteiger charge is 2.35. The van der Waals surface area contributed by atoms with E-state index < -0.39 is 0 Å². The number of halogens is 1. The van der Waals surface area contributed by atoms with E-state index in [1.165, 1.54) is 25.1 Å². The average molecular weight is 291 g/mol. The van der Waals surface area contributed by atoms with E-state index in [0.29, 0.717) is 12.1 Å². The summed E-state index contributed by atoms with van der Waals surface area (Å²) < 4.78 is 13.6. The number of nitrogens with zero attached hydrogens (tertiary/aromatic N) is 2. The highest BCUT2D eigenvalue weighted by Crippen LogP contribution is 2.31. The molecule has 3 rings (SSSR count). The van der Waals surface area contributed by atoms with Crippen LogP contribution < -0.4 is 10.2 Å². The molecule has 21 heavy (non-hydrogen) atoms. The topological polar surface area (TPSA) is 18.5 Å². The third-order valence-corrected chi connectivity index (χ3v) is 4.85. The maximum atomic E-state index is 13.6. The van der Waals surface area contributed by atoms with E-state index >= 15 is 0 Å². The van der Waals surface area contributed by atoms with Crippen LogP contribution >= 0.6 is 0 Å². The van der Waals surface area contributed by atoms with Gasteiger partial charge >= 0.3 is 0 Å². The first kappa shape index (κ1) is 14.8. The standard InChI is InChI=1S/C17H26FN3/c1-3-19-10-14-9-15(18)6-7-17(14)21-12-16-5-4-8-20(16)11-13(21)2/h6-7,9,13,16,19H,3-5,8,10-12H2,1-2H3. The van der Waals surface area contributed by atoms with Gasteiger partial charge < -0.3 is 10.2 Å². The Morgan fingerprint density at radius 2 is 2.19 bits per heavy atom. The van der Waals surface area contributed by atoms with Crippen molar-refractivity contribution in [3.05, 3.63) is 29.6 Å². The van der Waals surface area contributed by atoms with Crippen LogP contribution in [0.1, 0.15) is 32.3 Å². The molecule has 1 aromatic carbocycles. The molecule has 1 N–H and O–H groups in total. The van der Waals surface area contributed by atoms with E-state index in [1.807, 2.05) is 6.07 Å². The van der Waals surface area contributed by atoms with Crippen LogP contribution in [0.2, 0.25) is 0 Å². The summed E-state index contributed by atoms with van der Waals surface area (Å²) in [6, 6.07) is 6.41. The monoisotopic (exact) mass is 291 g/mol. The quantitative estimate of drug-likeness (QED) is 0.920. The highest BCUT2D eigenvalue weighted by molar-refractivity contribution is 5.55. The van der Waals surface area contributed by atoms with Gasteiger partial charge in [0.05, 0.1) is 0 Å².